The molecule has 0 saturated carbocycles. The maximum absolute atomic E-state index is 12.4. The largest absolute Gasteiger partial charge is 0.451 e. The minimum atomic E-state index is -4.54. The van der Waals surface area contributed by atoms with Crippen LogP contribution in [0.5, 0.6) is 0 Å². The lowest BCUT2D eigenvalue weighted by molar-refractivity contribution is -0.144. The second-order valence-corrected chi connectivity index (χ2v) is 4.05. The molecule has 1 N–H and O–H groups in total. The van der Waals surface area contributed by atoms with Gasteiger partial charge in [0.1, 0.15) is 0 Å². The molecule has 0 spiro atoms. The van der Waals surface area contributed by atoms with Crippen molar-refractivity contribution in [2.24, 2.45) is 0 Å². The first kappa shape index (κ1) is 14.4. The summed E-state index contributed by atoms with van der Waals surface area (Å²) in [7, 11) is 0. The number of ether oxygens (including phenoxy) is 1. The van der Waals surface area contributed by atoms with Crippen molar-refractivity contribution in [3.8, 4) is 11.4 Å². The van der Waals surface area contributed by atoms with E-state index >= 15 is 0 Å². The summed E-state index contributed by atoms with van der Waals surface area (Å²) < 4.78 is 42.5. The molecule has 8 heteroatoms. The van der Waals surface area contributed by atoms with Crippen LogP contribution >= 0.6 is 0 Å². The van der Waals surface area contributed by atoms with Crippen LogP contribution in [0.3, 0.4) is 0 Å². The van der Waals surface area contributed by atoms with Crippen LogP contribution in [-0.4, -0.2) is 33.4 Å². The summed E-state index contributed by atoms with van der Waals surface area (Å²) in [6.45, 7) is 3.04. The zero-order valence-corrected chi connectivity index (χ0v) is 10.7. The summed E-state index contributed by atoms with van der Waals surface area (Å²) >= 11 is 0. The summed E-state index contributed by atoms with van der Waals surface area (Å²) in [5.41, 5.74) is 1.32. The van der Waals surface area contributed by atoms with Gasteiger partial charge in [-0.25, -0.2) is 0 Å². The van der Waals surface area contributed by atoms with Crippen LogP contribution < -0.4 is 0 Å². The van der Waals surface area contributed by atoms with Gasteiger partial charge in [0.05, 0.1) is 6.61 Å². The third-order valence-electron chi connectivity index (χ3n) is 2.56. The van der Waals surface area contributed by atoms with Crippen LogP contribution in [0.2, 0.25) is 0 Å². The van der Waals surface area contributed by atoms with Gasteiger partial charge in [-0.2, -0.15) is 13.2 Å². The fraction of sp³-hybridized carbons (Fsp3) is 0.417. The van der Waals surface area contributed by atoms with Gasteiger partial charge in [0.15, 0.2) is 5.82 Å². The molecule has 0 amide bonds. The van der Waals surface area contributed by atoms with E-state index in [2.05, 4.69) is 20.2 Å². The highest BCUT2D eigenvalue weighted by molar-refractivity contribution is 5.54. The van der Waals surface area contributed by atoms with Gasteiger partial charge < -0.3 is 9.72 Å². The number of nitrogens with zero attached hydrogens (tertiary/aromatic N) is 3. The molecule has 0 fully saturated rings. The van der Waals surface area contributed by atoms with E-state index in [1.54, 1.807) is 12.3 Å². The zero-order chi connectivity index (χ0) is 14.6. The predicted octanol–water partition coefficient (Wildman–Crippen LogP) is 2.46. The number of hydrogen-bond acceptors (Lipinski definition) is 4. The molecule has 0 aliphatic rings. The van der Waals surface area contributed by atoms with E-state index in [9.17, 15) is 13.2 Å². The second kappa shape index (κ2) is 6.00. The van der Waals surface area contributed by atoms with Crippen molar-refractivity contribution < 1.29 is 17.9 Å². The molecule has 108 valence electrons. The molecule has 2 heterocycles. The Morgan fingerprint density at radius 2 is 2.05 bits per heavy atom. The Morgan fingerprint density at radius 1 is 1.25 bits per heavy atom. The standard InChI is InChI=1S/C12H13F3N4O/c1-2-20-4-3-8-5-9(7-16-6-8)10-17-11(19-18-10)12(13,14)15/h5-7H,2-4H2,1H3,(H,17,18,19). The molecule has 2 aromatic rings. The van der Waals surface area contributed by atoms with E-state index in [1.807, 2.05) is 6.92 Å². The molecule has 0 aliphatic heterocycles. The number of aromatic nitrogens is 4. The molecule has 0 saturated heterocycles. The molecule has 0 bridgehead atoms. The SMILES string of the molecule is CCOCCc1cncc(-c2nnc(C(F)(F)F)[nH]2)c1. The number of alkyl halides is 3. The number of hydrogen-bond donors (Lipinski definition) is 1. The third-order valence-corrected chi connectivity index (χ3v) is 2.56. The molecule has 0 aromatic carbocycles. The molecule has 20 heavy (non-hydrogen) atoms. The summed E-state index contributed by atoms with van der Waals surface area (Å²) in [6.07, 6.45) is -0.825. The highest BCUT2D eigenvalue weighted by Gasteiger charge is 2.35. The number of nitrogens with one attached hydrogen (secondary N) is 1. The maximum Gasteiger partial charge on any atom is 0.451 e. The first-order valence-corrected chi connectivity index (χ1v) is 6.02. The van der Waals surface area contributed by atoms with Gasteiger partial charge in [-0.1, -0.05) is 0 Å². The van der Waals surface area contributed by atoms with Gasteiger partial charge in [0, 0.05) is 24.6 Å². The Morgan fingerprint density at radius 3 is 2.70 bits per heavy atom. The molecule has 0 radical (unpaired) electrons. The van der Waals surface area contributed by atoms with Gasteiger partial charge in [0.2, 0.25) is 5.82 Å². The normalized spacial score (nSPS) is 11.8. The van der Waals surface area contributed by atoms with E-state index in [4.69, 9.17) is 4.74 Å². The number of rotatable bonds is 5. The summed E-state index contributed by atoms with van der Waals surface area (Å²) in [5, 5.41) is 6.58. The monoisotopic (exact) mass is 286 g/mol. The van der Waals surface area contributed by atoms with Gasteiger partial charge in [-0.15, -0.1) is 10.2 Å². The smallest absolute Gasteiger partial charge is 0.381 e. The van der Waals surface area contributed by atoms with Crippen molar-refractivity contribution in [1.82, 2.24) is 20.2 Å². The number of aromatic amines is 1. The van der Waals surface area contributed by atoms with Gasteiger partial charge in [-0.05, 0) is 25.0 Å². The highest BCUT2D eigenvalue weighted by Crippen LogP contribution is 2.27. The van der Waals surface area contributed by atoms with Crippen molar-refractivity contribution >= 4 is 0 Å². The molecule has 0 unspecified atom stereocenters. The average molecular weight is 286 g/mol. The molecule has 5 nitrogen and oxygen atoms in total. The first-order valence-electron chi connectivity index (χ1n) is 6.02. The summed E-state index contributed by atoms with van der Waals surface area (Å²) in [6, 6.07) is 1.71. The molecule has 0 aliphatic carbocycles. The van der Waals surface area contributed by atoms with Crippen molar-refractivity contribution in [3.63, 3.8) is 0 Å². The summed E-state index contributed by atoms with van der Waals surface area (Å²) in [5.74, 6) is -1.07. The Labute approximate surface area is 113 Å². The van der Waals surface area contributed by atoms with Crippen LogP contribution in [-0.2, 0) is 17.3 Å². The van der Waals surface area contributed by atoms with E-state index in [0.29, 0.717) is 25.2 Å². The van der Waals surface area contributed by atoms with Crippen LogP contribution in [0, 0.1) is 0 Å². The number of halogens is 3. The third kappa shape index (κ3) is 3.53. The van der Waals surface area contributed by atoms with Crippen LogP contribution in [0.15, 0.2) is 18.5 Å². The van der Waals surface area contributed by atoms with E-state index in [-0.39, 0.29) is 5.82 Å². The Bertz CT molecular complexity index is 568. The zero-order valence-electron chi connectivity index (χ0n) is 10.7. The molecule has 2 aromatic heterocycles. The van der Waals surface area contributed by atoms with Crippen molar-refractivity contribution in [1.29, 1.82) is 0 Å². The summed E-state index contributed by atoms with van der Waals surface area (Å²) in [4.78, 5) is 6.13. The van der Waals surface area contributed by atoms with E-state index < -0.39 is 12.0 Å². The van der Waals surface area contributed by atoms with Crippen LogP contribution in [0.25, 0.3) is 11.4 Å². The lowest BCUT2D eigenvalue weighted by atomic mass is 10.1. The lowest BCUT2D eigenvalue weighted by Crippen LogP contribution is -2.07. The lowest BCUT2D eigenvalue weighted by Gasteiger charge is -2.03. The fourth-order valence-electron chi connectivity index (χ4n) is 1.61. The number of pyridine rings is 1. The maximum atomic E-state index is 12.4. The molecular weight excluding hydrogens is 273 g/mol. The van der Waals surface area contributed by atoms with Crippen molar-refractivity contribution in [2.75, 3.05) is 13.2 Å². The quantitative estimate of drug-likeness (QED) is 0.858. The van der Waals surface area contributed by atoms with E-state index in [0.717, 1.165) is 5.56 Å². The molecule has 2 rings (SSSR count). The van der Waals surface area contributed by atoms with Gasteiger partial charge in [0.25, 0.3) is 0 Å². The minimum absolute atomic E-state index is 0.0445. The number of H-pyrrole nitrogens is 1. The highest BCUT2D eigenvalue weighted by atomic mass is 19.4. The molecule has 0 atom stereocenters. The van der Waals surface area contributed by atoms with Gasteiger partial charge in [-0.3, -0.25) is 4.98 Å². The van der Waals surface area contributed by atoms with Crippen LogP contribution in [0.4, 0.5) is 13.2 Å². The van der Waals surface area contributed by atoms with Crippen molar-refractivity contribution in [2.45, 2.75) is 19.5 Å². The fourth-order valence-corrected chi connectivity index (χ4v) is 1.61. The Balaban J connectivity index is 2.16. The average Bonchev–Trinajstić information content (AvgIpc) is 2.89. The Kier molecular flexibility index (Phi) is 4.33. The molecular formula is C12H13F3N4O. The van der Waals surface area contributed by atoms with Gasteiger partial charge >= 0.3 is 6.18 Å². The Hall–Kier alpha value is -1.96. The van der Waals surface area contributed by atoms with E-state index in [1.165, 1.54) is 6.20 Å². The van der Waals surface area contributed by atoms with Crippen molar-refractivity contribution in [3.05, 3.63) is 29.8 Å². The first-order chi connectivity index (χ1) is 9.50. The van der Waals surface area contributed by atoms with Crippen LogP contribution in [0.1, 0.15) is 18.3 Å². The topological polar surface area (TPSA) is 63.7 Å². The second-order valence-electron chi connectivity index (χ2n) is 4.05. The predicted molar refractivity (Wildman–Crippen MR) is 64.8 cm³/mol. The minimum Gasteiger partial charge on any atom is -0.381 e.